The van der Waals surface area contributed by atoms with Crippen LogP contribution < -0.4 is 9.47 Å². The lowest BCUT2D eigenvalue weighted by Gasteiger charge is -2.13. The van der Waals surface area contributed by atoms with Gasteiger partial charge in [-0.2, -0.15) is 0 Å². The third-order valence-corrected chi connectivity index (χ3v) is 4.09. The highest BCUT2D eigenvalue weighted by Crippen LogP contribution is 2.26. The van der Waals surface area contributed by atoms with Crippen molar-refractivity contribution in [3.8, 4) is 11.5 Å². The van der Waals surface area contributed by atoms with Crippen molar-refractivity contribution in [1.29, 1.82) is 0 Å². The molecular weight excluding hydrogens is 332 g/mol. The van der Waals surface area contributed by atoms with Crippen molar-refractivity contribution in [2.45, 2.75) is 26.6 Å². The van der Waals surface area contributed by atoms with Crippen molar-refractivity contribution in [2.75, 3.05) is 7.11 Å². The Balaban J connectivity index is 2.13. The lowest BCUT2D eigenvalue weighted by Crippen LogP contribution is -2.00. The molecule has 0 saturated carbocycles. The van der Waals surface area contributed by atoms with Crippen LogP contribution in [0.15, 0.2) is 40.9 Å². The van der Waals surface area contributed by atoms with Crippen LogP contribution in [0.3, 0.4) is 0 Å². The summed E-state index contributed by atoms with van der Waals surface area (Å²) in [6.45, 7) is 4.18. The molecule has 112 valence electrons. The van der Waals surface area contributed by atoms with Gasteiger partial charge in [-0.15, -0.1) is 0 Å². The second-order valence-corrected chi connectivity index (χ2v) is 5.80. The molecule has 1 N–H and O–H groups in total. The minimum atomic E-state index is -0.467. The van der Waals surface area contributed by atoms with Crippen LogP contribution in [0.1, 0.15) is 29.7 Å². The molecule has 2 aromatic rings. The summed E-state index contributed by atoms with van der Waals surface area (Å²) in [6.07, 6.45) is -0.467. The van der Waals surface area contributed by atoms with Crippen molar-refractivity contribution in [3.05, 3.63) is 57.6 Å². The SMILES string of the molecule is COc1ccc(Br)c(COc2ccc([C@H](C)O)cc2C)c1. The summed E-state index contributed by atoms with van der Waals surface area (Å²) in [5, 5.41) is 9.58. The number of benzene rings is 2. The Kier molecular flexibility index (Phi) is 5.26. The molecule has 0 aromatic heterocycles. The summed E-state index contributed by atoms with van der Waals surface area (Å²) in [7, 11) is 1.65. The van der Waals surface area contributed by atoms with E-state index in [1.807, 2.05) is 43.3 Å². The predicted molar refractivity (Wildman–Crippen MR) is 86.8 cm³/mol. The summed E-state index contributed by atoms with van der Waals surface area (Å²) in [5.74, 6) is 1.62. The summed E-state index contributed by atoms with van der Waals surface area (Å²) in [5.41, 5.74) is 2.92. The lowest BCUT2D eigenvalue weighted by atomic mass is 10.1. The number of ether oxygens (including phenoxy) is 2. The molecule has 1 atom stereocenters. The Hall–Kier alpha value is -1.52. The van der Waals surface area contributed by atoms with E-state index in [9.17, 15) is 5.11 Å². The van der Waals surface area contributed by atoms with Gasteiger partial charge in [-0.1, -0.05) is 22.0 Å². The molecule has 0 unspecified atom stereocenters. The fourth-order valence-electron chi connectivity index (χ4n) is 2.04. The van der Waals surface area contributed by atoms with E-state index in [0.717, 1.165) is 32.7 Å². The van der Waals surface area contributed by atoms with Crippen LogP contribution in [-0.2, 0) is 6.61 Å². The molecule has 0 heterocycles. The number of aliphatic hydroxyl groups is 1. The van der Waals surface area contributed by atoms with E-state index in [1.54, 1.807) is 14.0 Å². The summed E-state index contributed by atoms with van der Waals surface area (Å²) in [4.78, 5) is 0. The van der Waals surface area contributed by atoms with E-state index < -0.39 is 6.10 Å². The normalized spacial score (nSPS) is 12.0. The minimum Gasteiger partial charge on any atom is -0.497 e. The quantitative estimate of drug-likeness (QED) is 0.868. The van der Waals surface area contributed by atoms with Gasteiger partial charge in [-0.3, -0.25) is 0 Å². The maximum Gasteiger partial charge on any atom is 0.122 e. The first-order valence-electron chi connectivity index (χ1n) is 6.75. The topological polar surface area (TPSA) is 38.7 Å². The molecule has 2 rings (SSSR count). The number of hydrogen-bond acceptors (Lipinski definition) is 3. The summed E-state index contributed by atoms with van der Waals surface area (Å²) >= 11 is 3.51. The van der Waals surface area contributed by atoms with Crippen molar-refractivity contribution in [3.63, 3.8) is 0 Å². The molecular formula is C17H19BrO3. The van der Waals surface area contributed by atoms with Crippen LogP contribution in [0.4, 0.5) is 0 Å². The van der Waals surface area contributed by atoms with Crippen LogP contribution in [0.25, 0.3) is 0 Å². The molecule has 0 bridgehead atoms. The molecule has 4 heteroatoms. The molecule has 0 fully saturated rings. The first-order chi connectivity index (χ1) is 10.0. The van der Waals surface area contributed by atoms with Gasteiger partial charge in [0.1, 0.15) is 18.1 Å². The Morgan fingerprint density at radius 3 is 2.57 bits per heavy atom. The van der Waals surface area contributed by atoms with Gasteiger partial charge in [0.25, 0.3) is 0 Å². The number of aliphatic hydroxyl groups excluding tert-OH is 1. The summed E-state index contributed by atoms with van der Waals surface area (Å²) < 4.78 is 12.1. The third kappa shape index (κ3) is 3.99. The first kappa shape index (κ1) is 15.9. The lowest BCUT2D eigenvalue weighted by molar-refractivity contribution is 0.199. The molecule has 0 saturated heterocycles. The highest BCUT2D eigenvalue weighted by atomic mass is 79.9. The second kappa shape index (κ2) is 6.96. The van der Waals surface area contributed by atoms with Gasteiger partial charge in [-0.25, -0.2) is 0 Å². The van der Waals surface area contributed by atoms with Crippen molar-refractivity contribution in [1.82, 2.24) is 0 Å². The molecule has 0 aliphatic rings. The van der Waals surface area contributed by atoms with E-state index in [0.29, 0.717) is 6.61 Å². The van der Waals surface area contributed by atoms with Crippen LogP contribution in [0, 0.1) is 6.92 Å². The van der Waals surface area contributed by atoms with Crippen molar-refractivity contribution < 1.29 is 14.6 Å². The molecule has 0 radical (unpaired) electrons. The molecule has 0 spiro atoms. The maximum absolute atomic E-state index is 9.58. The van der Waals surface area contributed by atoms with Gasteiger partial charge >= 0.3 is 0 Å². The third-order valence-electron chi connectivity index (χ3n) is 3.32. The molecule has 0 amide bonds. The van der Waals surface area contributed by atoms with E-state index >= 15 is 0 Å². The van der Waals surface area contributed by atoms with E-state index in [-0.39, 0.29) is 0 Å². The van der Waals surface area contributed by atoms with Crippen LogP contribution >= 0.6 is 15.9 Å². The van der Waals surface area contributed by atoms with Crippen molar-refractivity contribution >= 4 is 15.9 Å². The van der Waals surface area contributed by atoms with E-state index in [2.05, 4.69) is 15.9 Å². The van der Waals surface area contributed by atoms with Crippen LogP contribution in [0.2, 0.25) is 0 Å². The monoisotopic (exact) mass is 350 g/mol. The average molecular weight is 351 g/mol. The zero-order valence-electron chi connectivity index (χ0n) is 12.4. The maximum atomic E-state index is 9.58. The van der Waals surface area contributed by atoms with E-state index in [4.69, 9.17) is 9.47 Å². The smallest absolute Gasteiger partial charge is 0.122 e. The Morgan fingerprint density at radius 2 is 1.95 bits per heavy atom. The minimum absolute atomic E-state index is 0.451. The number of aryl methyl sites for hydroxylation is 1. The van der Waals surface area contributed by atoms with Crippen molar-refractivity contribution in [2.24, 2.45) is 0 Å². The predicted octanol–water partition coefficient (Wildman–Crippen LogP) is 4.40. The number of halogens is 1. The van der Waals surface area contributed by atoms with E-state index in [1.165, 1.54) is 0 Å². The van der Waals surface area contributed by atoms with Gasteiger partial charge in [0, 0.05) is 10.0 Å². The number of methoxy groups -OCH3 is 1. The Labute approximate surface area is 133 Å². The molecule has 2 aromatic carbocycles. The van der Waals surface area contributed by atoms with Gasteiger partial charge in [0.15, 0.2) is 0 Å². The van der Waals surface area contributed by atoms with Gasteiger partial charge in [-0.05, 0) is 55.3 Å². The Bertz CT molecular complexity index is 623. The first-order valence-corrected chi connectivity index (χ1v) is 7.54. The van der Waals surface area contributed by atoms with Crippen LogP contribution in [0.5, 0.6) is 11.5 Å². The van der Waals surface area contributed by atoms with Crippen LogP contribution in [-0.4, -0.2) is 12.2 Å². The Morgan fingerprint density at radius 1 is 1.19 bits per heavy atom. The molecule has 0 aliphatic carbocycles. The fraction of sp³-hybridized carbons (Fsp3) is 0.294. The highest BCUT2D eigenvalue weighted by molar-refractivity contribution is 9.10. The van der Waals surface area contributed by atoms with Gasteiger partial charge < -0.3 is 14.6 Å². The molecule has 21 heavy (non-hydrogen) atoms. The second-order valence-electron chi connectivity index (χ2n) is 4.95. The molecule has 0 aliphatic heterocycles. The average Bonchev–Trinajstić information content (AvgIpc) is 2.47. The van der Waals surface area contributed by atoms with Gasteiger partial charge in [0.2, 0.25) is 0 Å². The molecule has 3 nitrogen and oxygen atoms in total. The zero-order chi connectivity index (χ0) is 15.4. The number of hydrogen-bond donors (Lipinski definition) is 1. The van der Waals surface area contributed by atoms with Gasteiger partial charge in [0.05, 0.1) is 13.2 Å². The summed E-state index contributed by atoms with van der Waals surface area (Å²) in [6, 6.07) is 11.5. The highest BCUT2D eigenvalue weighted by Gasteiger charge is 2.07. The largest absolute Gasteiger partial charge is 0.497 e. The number of rotatable bonds is 5. The zero-order valence-corrected chi connectivity index (χ0v) is 14.0. The standard InChI is InChI=1S/C17H19BrO3/c1-11-8-13(12(2)19)4-7-17(11)21-10-14-9-15(20-3)5-6-16(14)18/h4-9,12,19H,10H2,1-3H3/t12-/m0/s1. The fourth-order valence-corrected chi connectivity index (χ4v) is 2.40.